The van der Waals surface area contributed by atoms with Crippen molar-refractivity contribution in [2.75, 3.05) is 13.2 Å². The number of amides is 1. The van der Waals surface area contributed by atoms with Crippen molar-refractivity contribution in [1.29, 1.82) is 0 Å². The Bertz CT molecular complexity index is 1150. The molecule has 0 saturated heterocycles. The topological polar surface area (TPSA) is 94.5 Å². The fraction of sp³-hybridized carbons (Fsp3) is 0.333. The quantitative estimate of drug-likeness (QED) is 0.335. The van der Waals surface area contributed by atoms with Gasteiger partial charge < -0.3 is 9.05 Å². The molecular weight excluding hydrogens is 460 g/mol. The number of aryl methyl sites for hydroxylation is 1. The summed E-state index contributed by atoms with van der Waals surface area (Å²) in [6, 6.07) is 11.1. The first-order chi connectivity index (χ1) is 15.6. The molecule has 0 bridgehead atoms. The van der Waals surface area contributed by atoms with Crippen molar-refractivity contribution in [3.63, 3.8) is 0 Å². The maximum absolute atomic E-state index is 13.5. The second-order valence-electron chi connectivity index (χ2n) is 6.99. The number of hydrazine groups is 1. The molecule has 33 heavy (non-hydrogen) atoms. The van der Waals surface area contributed by atoms with Crippen LogP contribution in [0.2, 0.25) is 0 Å². The highest BCUT2D eigenvalue weighted by atomic mass is 31.2. The third kappa shape index (κ3) is 5.44. The number of halogens is 3. The van der Waals surface area contributed by atoms with Crippen LogP contribution in [0.4, 0.5) is 13.2 Å². The lowest BCUT2D eigenvalue weighted by molar-refractivity contribution is -0.137. The Labute approximate surface area is 188 Å². The second-order valence-corrected chi connectivity index (χ2v) is 9.10. The molecule has 12 heteroatoms. The Morgan fingerprint density at radius 2 is 1.70 bits per heavy atom. The number of para-hydroxylation sites is 1. The zero-order valence-electron chi connectivity index (χ0n) is 18.2. The maximum atomic E-state index is 13.5. The van der Waals surface area contributed by atoms with E-state index in [1.165, 1.54) is 0 Å². The van der Waals surface area contributed by atoms with E-state index in [1.807, 2.05) is 6.07 Å². The molecule has 0 spiro atoms. The van der Waals surface area contributed by atoms with E-state index in [2.05, 4.69) is 16.0 Å². The molecule has 1 aromatic heterocycles. The van der Waals surface area contributed by atoms with Crippen molar-refractivity contribution in [3.8, 4) is 0 Å². The number of alkyl halides is 3. The molecule has 3 rings (SSSR count). The number of hydrogen-bond acceptors (Lipinski definition) is 6. The van der Waals surface area contributed by atoms with Gasteiger partial charge in [-0.3, -0.25) is 19.5 Å². The van der Waals surface area contributed by atoms with Crippen molar-refractivity contribution in [3.05, 3.63) is 65.4 Å². The highest BCUT2D eigenvalue weighted by Gasteiger charge is 2.38. The molecule has 0 aliphatic heterocycles. The number of hydrogen-bond donors (Lipinski definition) is 2. The zero-order valence-corrected chi connectivity index (χ0v) is 19.1. The fourth-order valence-corrected chi connectivity index (χ4v) is 5.17. The van der Waals surface area contributed by atoms with E-state index >= 15 is 0 Å². The Morgan fingerprint density at radius 3 is 2.27 bits per heavy atom. The van der Waals surface area contributed by atoms with E-state index in [1.54, 1.807) is 43.8 Å². The van der Waals surface area contributed by atoms with E-state index in [4.69, 9.17) is 9.05 Å². The number of carbonyl (C=O) groups excluding carboxylic acids is 1. The van der Waals surface area contributed by atoms with Gasteiger partial charge in [0.2, 0.25) is 0 Å². The van der Waals surface area contributed by atoms with Crippen molar-refractivity contribution in [2.24, 2.45) is 7.05 Å². The molecule has 178 valence electrons. The van der Waals surface area contributed by atoms with Gasteiger partial charge in [-0.25, -0.2) is 5.43 Å². The lowest BCUT2D eigenvalue weighted by Gasteiger charge is -2.27. The lowest BCUT2D eigenvalue weighted by Crippen LogP contribution is -2.40. The lowest BCUT2D eigenvalue weighted by atomic mass is 10.1. The van der Waals surface area contributed by atoms with Crippen LogP contribution in [-0.4, -0.2) is 28.9 Å². The SMILES string of the molecule is CCOP(=O)(OCC)C(NNC(=O)c1nn(C)c2ccccc12)c1ccc(C(F)(F)F)cc1. The highest BCUT2D eigenvalue weighted by Crippen LogP contribution is 2.59. The third-order valence-corrected chi connectivity index (χ3v) is 7.08. The van der Waals surface area contributed by atoms with E-state index in [0.29, 0.717) is 5.39 Å². The summed E-state index contributed by atoms with van der Waals surface area (Å²) >= 11 is 0. The predicted octanol–water partition coefficient (Wildman–Crippen LogP) is 4.79. The number of fused-ring (bicyclic) bond motifs is 1. The van der Waals surface area contributed by atoms with Gasteiger partial charge in [-0.1, -0.05) is 30.3 Å². The Balaban J connectivity index is 1.92. The maximum Gasteiger partial charge on any atom is 0.416 e. The molecule has 1 unspecified atom stereocenters. The zero-order chi connectivity index (χ0) is 24.2. The van der Waals surface area contributed by atoms with E-state index in [0.717, 1.165) is 29.8 Å². The Morgan fingerprint density at radius 1 is 1.09 bits per heavy atom. The summed E-state index contributed by atoms with van der Waals surface area (Å²) in [7, 11) is -2.24. The molecule has 8 nitrogen and oxygen atoms in total. The smallest absolute Gasteiger partial charge is 0.307 e. The molecule has 0 fully saturated rings. The van der Waals surface area contributed by atoms with Gasteiger partial charge in [0, 0.05) is 12.4 Å². The average Bonchev–Trinajstić information content (AvgIpc) is 3.11. The van der Waals surface area contributed by atoms with Gasteiger partial charge in [-0.2, -0.15) is 18.3 Å². The Kier molecular flexibility index (Phi) is 7.58. The van der Waals surface area contributed by atoms with Gasteiger partial charge in [0.1, 0.15) is 0 Å². The van der Waals surface area contributed by atoms with E-state index in [-0.39, 0.29) is 24.5 Å². The third-order valence-electron chi connectivity index (χ3n) is 4.78. The molecule has 2 N–H and O–H groups in total. The minimum atomic E-state index is -4.53. The van der Waals surface area contributed by atoms with Crippen molar-refractivity contribution >= 4 is 24.4 Å². The molecule has 0 aliphatic carbocycles. The van der Waals surface area contributed by atoms with Gasteiger partial charge in [-0.05, 0) is 37.6 Å². The fourth-order valence-electron chi connectivity index (χ4n) is 3.32. The molecule has 1 atom stereocenters. The first-order valence-corrected chi connectivity index (χ1v) is 11.8. The first-order valence-electron chi connectivity index (χ1n) is 10.1. The summed E-state index contributed by atoms with van der Waals surface area (Å²) in [5.41, 5.74) is 5.25. The molecule has 2 aromatic carbocycles. The van der Waals surface area contributed by atoms with Gasteiger partial charge in [-0.15, -0.1) is 0 Å². The average molecular weight is 484 g/mol. The van der Waals surface area contributed by atoms with Crippen LogP contribution in [0.25, 0.3) is 10.9 Å². The predicted molar refractivity (Wildman–Crippen MR) is 116 cm³/mol. The molecule has 0 saturated carbocycles. The van der Waals surface area contributed by atoms with Crippen LogP contribution in [0.1, 0.15) is 41.2 Å². The van der Waals surface area contributed by atoms with Crippen LogP contribution >= 0.6 is 7.60 Å². The minimum Gasteiger partial charge on any atom is -0.307 e. The summed E-state index contributed by atoms with van der Waals surface area (Å²) in [6.07, 6.45) is -4.53. The number of carbonyl (C=O) groups is 1. The summed E-state index contributed by atoms with van der Waals surface area (Å²) < 4.78 is 64.7. The van der Waals surface area contributed by atoms with Gasteiger partial charge >= 0.3 is 13.8 Å². The molecule has 1 amide bonds. The standard InChI is InChI=1S/C21H24F3N4O4P/c1-4-31-33(30,32-5-2)20(14-10-12-15(13-11-14)21(22,23)24)26-25-19(29)18-16-8-6-7-9-17(16)28(3)27-18/h6-13,20,26H,4-5H2,1-3H3,(H,25,29). The van der Waals surface area contributed by atoms with Gasteiger partial charge in [0.05, 0.1) is 24.3 Å². The summed E-state index contributed by atoms with van der Waals surface area (Å²) in [5, 5.41) is 4.82. The number of nitrogens with one attached hydrogen (secondary N) is 2. The minimum absolute atomic E-state index is 0.0227. The van der Waals surface area contributed by atoms with Gasteiger partial charge in [0.15, 0.2) is 11.5 Å². The van der Waals surface area contributed by atoms with Crippen molar-refractivity contribution < 1.29 is 31.6 Å². The van der Waals surface area contributed by atoms with Crippen LogP contribution in [0.5, 0.6) is 0 Å². The van der Waals surface area contributed by atoms with Crippen LogP contribution in [0, 0.1) is 0 Å². The number of rotatable bonds is 9. The van der Waals surface area contributed by atoms with E-state index < -0.39 is 31.0 Å². The molecule has 0 aliphatic rings. The van der Waals surface area contributed by atoms with E-state index in [9.17, 15) is 22.5 Å². The largest absolute Gasteiger partial charge is 0.416 e. The van der Waals surface area contributed by atoms with Crippen LogP contribution in [0.15, 0.2) is 48.5 Å². The van der Waals surface area contributed by atoms with Crippen LogP contribution in [-0.2, 0) is 26.8 Å². The summed E-state index contributed by atoms with van der Waals surface area (Å²) in [6.45, 7) is 3.26. The molecular formula is C21H24F3N4O4P. The molecule has 3 aromatic rings. The number of aromatic nitrogens is 2. The monoisotopic (exact) mass is 484 g/mol. The second kappa shape index (κ2) is 10.0. The summed E-state index contributed by atoms with van der Waals surface area (Å²) in [4.78, 5) is 12.9. The molecule has 0 radical (unpaired) electrons. The highest BCUT2D eigenvalue weighted by molar-refractivity contribution is 7.54. The normalized spacial score (nSPS) is 13.3. The first kappa shape index (κ1) is 24.9. The number of nitrogens with zero attached hydrogens (tertiary/aromatic N) is 2. The van der Waals surface area contributed by atoms with Crippen LogP contribution < -0.4 is 10.9 Å². The summed E-state index contributed by atoms with van der Waals surface area (Å²) in [5.74, 6) is -1.89. The van der Waals surface area contributed by atoms with Crippen molar-refractivity contribution in [2.45, 2.75) is 25.8 Å². The van der Waals surface area contributed by atoms with Gasteiger partial charge in [0.25, 0.3) is 5.91 Å². The molecule has 1 heterocycles. The Hall–Kier alpha value is -2.72. The van der Waals surface area contributed by atoms with Crippen molar-refractivity contribution in [1.82, 2.24) is 20.6 Å². The van der Waals surface area contributed by atoms with Crippen LogP contribution in [0.3, 0.4) is 0 Å². The number of benzene rings is 2.